The Bertz CT molecular complexity index is 1360. The molecule has 0 spiro atoms. The van der Waals surface area contributed by atoms with Crippen molar-refractivity contribution in [2.24, 2.45) is 0 Å². The number of hydrogen-bond acceptors (Lipinski definition) is 4. The molecular weight excluding hydrogens is 662 g/mol. The first kappa shape index (κ1) is 43.5. The molecule has 0 radical (unpaired) electrons. The van der Waals surface area contributed by atoms with Crippen LogP contribution in [0.2, 0.25) is 0 Å². The zero-order valence-electron chi connectivity index (χ0n) is 36.6. The lowest BCUT2D eigenvalue weighted by Gasteiger charge is -2.32. The number of fused-ring (bicyclic) bond motifs is 3. The van der Waals surface area contributed by atoms with E-state index in [9.17, 15) is 0 Å². The number of unbranched alkanes of at least 4 members (excludes halogenated alkanes) is 19. The summed E-state index contributed by atoms with van der Waals surface area (Å²) in [5, 5.41) is 0. The van der Waals surface area contributed by atoms with Crippen LogP contribution >= 0.6 is 0 Å². The Balaban J connectivity index is 1.10. The van der Waals surface area contributed by atoms with E-state index in [0.29, 0.717) is 0 Å². The van der Waals surface area contributed by atoms with Gasteiger partial charge in [0, 0.05) is 5.41 Å². The second-order valence-electron chi connectivity index (χ2n) is 19.6. The second kappa shape index (κ2) is 18.8. The van der Waals surface area contributed by atoms with Gasteiger partial charge in [0.15, 0.2) is 0 Å². The van der Waals surface area contributed by atoms with Crippen molar-refractivity contribution in [3.63, 3.8) is 0 Å². The van der Waals surface area contributed by atoms with Crippen LogP contribution < -0.4 is 10.9 Å². The molecule has 3 aliphatic rings. The molecule has 0 saturated carbocycles. The van der Waals surface area contributed by atoms with E-state index in [-0.39, 0.29) is 42.1 Å². The Morgan fingerprint density at radius 1 is 0.389 bits per heavy atom. The third kappa shape index (κ3) is 10.3. The van der Waals surface area contributed by atoms with Crippen LogP contribution in [0, 0.1) is 0 Å². The number of benzene rings is 2. The minimum absolute atomic E-state index is 0.113. The lowest BCUT2D eigenvalue weighted by molar-refractivity contribution is 0.00578. The first-order valence-electron chi connectivity index (χ1n) is 22.6. The van der Waals surface area contributed by atoms with Gasteiger partial charge in [-0.3, -0.25) is 0 Å². The third-order valence-electron chi connectivity index (χ3n) is 14.1. The molecule has 2 saturated heterocycles. The van der Waals surface area contributed by atoms with Gasteiger partial charge < -0.3 is 18.6 Å². The van der Waals surface area contributed by atoms with Crippen LogP contribution in [-0.2, 0) is 24.0 Å². The van der Waals surface area contributed by atoms with Gasteiger partial charge in [-0.2, -0.15) is 0 Å². The van der Waals surface area contributed by atoms with E-state index in [1.807, 2.05) is 0 Å². The van der Waals surface area contributed by atoms with Crippen molar-refractivity contribution in [3.05, 3.63) is 47.5 Å². The van der Waals surface area contributed by atoms with Gasteiger partial charge >= 0.3 is 14.2 Å². The van der Waals surface area contributed by atoms with Gasteiger partial charge in [-0.25, -0.2) is 0 Å². The highest BCUT2D eigenvalue weighted by molar-refractivity contribution is 6.62. The summed E-state index contributed by atoms with van der Waals surface area (Å²) in [7, 11) is -0.735. The van der Waals surface area contributed by atoms with E-state index in [4.69, 9.17) is 18.6 Å². The molecule has 5 rings (SSSR count). The van der Waals surface area contributed by atoms with E-state index >= 15 is 0 Å². The van der Waals surface area contributed by atoms with Crippen molar-refractivity contribution < 1.29 is 18.6 Å². The molecule has 0 unspecified atom stereocenters. The monoisotopic (exact) mass is 741 g/mol. The molecular formula is C48H78B2O4. The molecule has 2 aromatic carbocycles. The fourth-order valence-electron chi connectivity index (χ4n) is 8.91. The highest BCUT2D eigenvalue weighted by atomic mass is 16.7. The number of rotatable bonds is 23. The maximum Gasteiger partial charge on any atom is 0.494 e. The predicted octanol–water partition coefficient (Wildman–Crippen LogP) is 12.8. The van der Waals surface area contributed by atoms with Crippen molar-refractivity contribution in [1.82, 2.24) is 0 Å². The van der Waals surface area contributed by atoms with Gasteiger partial charge in [0.05, 0.1) is 22.4 Å². The first-order chi connectivity index (χ1) is 25.6. The van der Waals surface area contributed by atoms with Crippen molar-refractivity contribution >= 4 is 25.2 Å². The van der Waals surface area contributed by atoms with Gasteiger partial charge in [0.25, 0.3) is 0 Å². The van der Waals surface area contributed by atoms with Crippen molar-refractivity contribution in [1.29, 1.82) is 0 Å². The fraction of sp³-hybridized carbons (Fsp3) is 0.750. The summed E-state index contributed by atoms with van der Waals surface area (Å²) >= 11 is 0. The topological polar surface area (TPSA) is 36.9 Å². The van der Waals surface area contributed by atoms with Crippen LogP contribution in [-0.4, -0.2) is 36.6 Å². The van der Waals surface area contributed by atoms with Crippen LogP contribution in [0.1, 0.15) is 215 Å². The van der Waals surface area contributed by atoms with Gasteiger partial charge in [0.1, 0.15) is 0 Å². The minimum Gasteiger partial charge on any atom is -0.399 e. The van der Waals surface area contributed by atoms with E-state index in [2.05, 4.69) is 106 Å². The summed E-state index contributed by atoms with van der Waals surface area (Å²) in [6, 6.07) is 13.8. The molecule has 300 valence electrons. The Hall–Kier alpha value is -1.59. The first-order valence-corrected chi connectivity index (χ1v) is 22.6. The average Bonchev–Trinajstić information content (AvgIpc) is 3.60. The van der Waals surface area contributed by atoms with Gasteiger partial charge in [-0.15, -0.1) is 0 Å². The van der Waals surface area contributed by atoms with Crippen LogP contribution in [0.5, 0.6) is 0 Å². The molecule has 4 nitrogen and oxygen atoms in total. The van der Waals surface area contributed by atoms with Gasteiger partial charge in [0.2, 0.25) is 0 Å². The van der Waals surface area contributed by atoms with Crippen molar-refractivity contribution in [2.45, 2.75) is 232 Å². The third-order valence-corrected chi connectivity index (χ3v) is 14.1. The quantitative estimate of drug-likeness (QED) is 0.0840. The maximum atomic E-state index is 6.53. The zero-order chi connectivity index (χ0) is 39.0. The summed E-state index contributed by atoms with van der Waals surface area (Å²) in [5.41, 5.74) is 6.10. The van der Waals surface area contributed by atoms with Gasteiger partial charge in [-0.1, -0.05) is 179 Å². The Kier molecular flexibility index (Phi) is 15.1. The number of hydrogen-bond donors (Lipinski definition) is 0. The molecule has 0 atom stereocenters. The summed E-state index contributed by atoms with van der Waals surface area (Å²) in [5.74, 6) is 0. The van der Waals surface area contributed by atoms with Crippen LogP contribution in [0.25, 0.3) is 11.1 Å². The van der Waals surface area contributed by atoms with E-state index < -0.39 is 0 Å². The van der Waals surface area contributed by atoms with Gasteiger partial charge in [-0.05, 0) is 95.0 Å². The van der Waals surface area contributed by atoms with Crippen LogP contribution in [0.3, 0.4) is 0 Å². The van der Waals surface area contributed by atoms with Crippen molar-refractivity contribution in [3.8, 4) is 11.1 Å². The largest absolute Gasteiger partial charge is 0.494 e. The second-order valence-corrected chi connectivity index (χ2v) is 19.6. The minimum atomic E-state index is -0.368. The molecule has 2 heterocycles. The van der Waals surface area contributed by atoms with E-state index in [1.165, 1.54) is 151 Å². The normalized spacial score (nSPS) is 20.1. The molecule has 54 heavy (non-hydrogen) atoms. The standard InChI is InChI=1S/C48H78B2O4/c1-11-12-13-14-15-16-17-18-19-20-21-22-23-24-25-26-27-28-29-30-35-48(10)42-36-38(49-51-44(2,3)45(4,5)52-49)31-33-40(42)41-34-32-39(37-43(41)48)50-53-46(6,7)47(8,9)54-50/h31-34,36-37H,11-30,35H2,1-10H3. The summed E-state index contributed by atoms with van der Waals surface area (Å²) in [6.07, 6.45) is 29.2. The maximum absolute atomic E-state index is 6.53. The van der Waals surface area contributed by atoms with E-state index in [0.717, 1.165) is 17.3 Å². The molecule has 2 aliphatic heterocycles. The highest BCUT2D eigenvalue weighted by Crippen LogP contribution is 2.51. The lowest BCUT2D eigenvalue weighted by atomic mass is 9.70. The Morgan fingerprint density at radius 2 is 0.667 bits per heavy atom. The lowest BCUT2D eigenvalue weighted by Crippen LogP contribution is -2.41. The molecule has 0 amide bonds. The Labute approximate surface area is 333 Å². The van der Waals surface area contributed by atoms with Crippen molar-refractivity contribution in [2.75, 3.05) is 0 Å². The molecule has 0 bridgehead atoms. The van der Waals surface area contributed by atoms with Crippen LogP contribution in [0.15, 0.2) is 36.4 Å². The van der Waals surface area contributed by atoms with Crippen LogP contribution in [0.4, 0.5) is 0 Å². The highest BCUT2D eigenvalue weighted by Gasteiger charge is 2.54. The average molecular weight is 741 g/mol. The smallest absolute Gasteiger partial charge is 0.399 e. The predicted molar refractivity (Wildman–Crippen MR) is 232 cm³/mol. The zero-order valence-corrected chi connectivity index (χ0v) is 36.6. The molecule has 0 aromatic heterocycles. The molecule has 2 aromatic rings. The van der Waals surface area contributed by atoms with E-state index in [1.54, 1.807) is 0 Å². The Morgan fingerprint density at radius 3 is 0.963 bits per heavy atom. The summed E-state index contributed by atoms with van der Waals surface area (Å²) < 4.78 is 26.1. The SMILES string of the molecule is CCCCCCCCCCCCCCCCCCCCCCC1(C)c2cc(B3OC(C)(C)C(C)(C)O3)ccc2-c2ccc(B3OC(C)(C)C(C)(C)O3)cc21. The fourth-order valence-corrected chi connectivity index (χ4v) is 8.91. The summed E-state index contributed by atoms with van der Waals surface area (Å²) in [6.45, 7) is 21.9. The molecule has 1 aliphatic carbocycles. The molecule has 6 heteroatoms. The summed E-state index contributed by atoms with van der Waals surface area (Å²) in [4.78, 5) is 0. The molecule has 2 fully saturated rings. The molecule has 0 N–H and O–H groups in total.